The molecule has 3 N–H and O–H groups in total. The monoisotopic (exact) mass is 359 g/mol. The normalized spacial score (nSPS) is 13.9. The molecule has 0 radical (unpaired) electrons. The zero-order valence-corrected chi connectivity index (χ0v) is 14.4. The van der Waals surface area contributed by atoms with E-state index in [0.717, 1.165) is 24.8 Å². The Bertz CT molecular complexity index is 954. The lowest BCUT2D eigenvalue weighted by Gasteiger charge is -2.07. The molecule has 130 valence electrons. The molecular weight excluding hydrogens is 342 g/mol. The fourth-order valence-electron chi connectivity index (χ4n) is 2.55. The smallest absolute Gasteiger partial charge is 0.230 e. The predicted octanol–water partition coefficient (Wildman–Crippen LogP) is 1.71. The lowest BCUT2D eigenvalue weighted by molar-refractivity contribution is -0.115. The van der Waals surface area contributed by atoms with Gasteiger partial charge < -0.3 is 5.32 Å². The molecule has 8 nitrogen and oxygen atoms in total. The van der Waals surface area contributed by atoms with Gasteiger partial charge >= 0.3 is 0 Å². The molecule has 1 aromatic heterocycles. The van der Waals surface area contributed by atoms with Crippen LogP contribution >= 0.6 is 0 Å². The number of nitrogens with zero attached hydrogens (tertiary/aromatic N) is 2. The van der Waals surface area contributed by atoms with E-state index in [1.807, 2.05) is 0 Å². The van der Waals surface area contributed by atoms with Gasteiger partial charge in [0.2, 0.25) is 15.9 Å². The van der Waals surface area contributed by atoms with Crippen LogP contribution in [0.15, 0.2) is 24.3 Å². The van der Waals surface area contributed by atoms with Gasteiger partial charge in [-0.25, -0.2) is 8.42 Å². The maximum atomic E-state index is 12.2. The van der Waals surface area contributed by atoms with Crippen molar-refractivity contribution in [3.63, 3.8) is 0 Å². The van der Waals surface area contributed by atoms with Crippen LogP contribution in [-0.4, -0.2) is 30.8 Å². The number of hydrogen-bond donors (Lipinski definition) is 3. The van der Waals surface area contributed by atoms with Gasteiger partial charge in [-0.3, -0.25) is 14.6 Å². The van der Waals surface area contributed by atoms with Gasteiger partial charge in [-0.15, -0.1) is 0 Å². The van der Waals surface area contributed by atoms with Crippen molar-refractivity contribution < 1.29 is 13.2 Å². The molecule has 1 aromatic carbocycles. The number of nitrogens with one attached hydrogen (secondary N) is 3. The van der Waals surface area contributed by atoms with Gasteiger partial charge in [0.15, 0.2) is 5.82 Å². The maximum Gasteiger partial charge on any atom is 0.230 e. The van der Waals surface area contributed by atoms with Crippen molar-refractivity contribution >= 4 is 27.4 Å². The van der Waals surface area contributed by atoms with E-state index in [0.29, 0.717) is 22.7 Å². The summed E-state index contributed by atoms with van der Waals surface area (Å²) in [6, 6.07) is 8.66. The average Bonchev–Trinajstić information content (AvgIpc) is 3.27. The number of carbonyl (C=O) groups is 1. The van der Waals surface area contributed by atoms with E-state index in [1.54, 1.807) is 24.3 Å². The molecule has 25 heavy (non-hydrogen) atoms. The van der Waals surface area contributed by atoms with Crippen LogP contribution in [0.2, 0.25) is 0 Å². The third kappa shape index (κ3) is 4.36. The first-order valence-electron chi connectivity index (χ1n) is 7.70. The second-order valence-corrected chi connectivity index (χ2v) is 7.79. The zero-order chi connectivity index (χ0) is 18.0. The largest absolute Gasteiger partial charge is 0.308 e. The highest BCUT2D eigenvalue weighted by Gasteiger charge is 2.30. The van der Waals surface area contributed by atoms with Crippen LogP contribution in [0.1, 0.15) is 35.6 Å². The third-order valence-electron chi connectivity index (χ3n) is 3.74. The van der Waals surface area contributed by atoms with E-state index in [9.17, 15) is 18.5 Å². The lowest BCUT2D eigenvalue weighted by Crippen LogP contribution is -2.16. The molecule has 2 aromatic rings. The minimum Gasteiger partial charge on any atom is -0.308 e. The highest BCUT2D eigenvalue weighted by molar-refractivity contribution is 7.92. The van der Waals surface area contributed by atoms with Crippen LogP contribution in [0.25, 0.3) is 0 Å². The van der Waals surface area contributed by atoms with E-state index >= 15 is 0 Å². The molecule has 1 heterocycles. The van der Waals surface area contributed by atoms with Crippen molar-refractivity contribution in [1.29, 1.82) is 5.26 Å². The Labute approximate surface area is 145 Å². The standard InChI is InChI=1S/C16H17N5O3S/c1-25(23,24)21-12-4-2-3-10(7-12)8-14(22)18-16-13(9-17)15(19-20-16)11-5-6-11/h2-4,7,11,21H,5-6,8H2,1H3,(H2,18,19,20,22). The average molecular weight is 359 g/mol. The molecule has 0 unspecified atom stereocenters. The molecule has 0 spiro atoms. The molecule has 1 saturated carbocycles. The number of sulfonamides is 1. The number of benzene rings is 1. The van der Waals surface area contributed by atoms with Crippen molar-refractivity contribution in [2.24, 2.45) is 0 Å². The Hall–Kier alpha value is -2.86. The van der Waals surface area contributed by atoms with Crippen LogP contribution in [-0.2, 0) is 21.2 Å². The maximum absolute atomic E-state index is 12.2. The fourth-order valence-corrected chi connectivity index (χ4v) is 3.10. The summed E-state index contributed by atoms with van der Waals surface area (Å²) < 4.78 is 24.9. The molecule has 0 aliphatic heterocycles. The molecule has 9 heteroatoms. The number of aromatic nitrogens is 2. The minimum atomic E-state index is -3.38. The van der Waals surface area contributed by atoms with Gasteiger partial charge in [0.1, 0.15) is 11.6 Å². The number of carbonyl (C=O) groups excluding carboxylic acids is 1. The molecule has 1 fully saturated rings. The molecule has 3 rings (SSSR count). The van der Waals surface area contributed by atoms with Gasteiger partial charge in [0, 0.05) is 11.6 Å². The van der Waals surface area contributed by atoms with Crippen LogP contribution in [0, 0.1) is 11.3 Å². The molecular formula is C16H17N5O3S. The number of nitriles is 1. The number of hydrogen-bond acceptors (Lipinski definition) is 5. The highest BCUT2D eigenvalue weighted by Crippen LogP contribution is 2.41. The van der Waals surface area contributed by atoms with Gasteiger partial charge in [0.05, 0.1) is 18.4 Å². The first-order valence-corrected chi connectivity index (χ1v) is 9.60. The summed E-state index contributed by atoms with van der Waals surface area (Å²) >= 11 is 0. The molecule has 1 aliphatic rings. The van der Waals surface area contributed by atoms with E-state index in [-0.39, 0.29) is 18.1 Å². The van der Waals surface area contributed by atoms with Crippen molar-refractivity contribution in [2.45, 2.75) is 25.2 Å². The van der Waals surface area contributed by atoms with Crippen LogP contribution in [0.5, 0.6) is 0 Å². The Morgan fingerprint density at radius 1 is 1.44 bits per heavy atom. The van der Waals surface area contributed by atoms with Crippen LogP contribution < -0.4 is 10.0 Å². The first kappa shape index (κ1) is 17.0. The van der Waals surface area contributed by atoms with Gasteiger partial charge in [-0.05, 0) is 30.5 Å². The quantitative estimate of drug-likeness (QED) is 0.723. The fraction of sp³-hybridized carbons (Fsp3) is 0.312. The predicted molar refractivity (Wildman–Crippen MR) is 92.5 cm³/mol. The van der Waals surface area contributed by atoms with Crippen molar-refractivity contribution in [1.82, 2.24) is 10.2 Å². The minimum absolute atomic E-state index is 0.0375. The zero-order valence-electron chi connectivity index (χ0n) is 13.5. The van der Waals surface area contributed by atoms with E-state index in [4.69, 9.17) is 0 Å². The summed E-state index contributed by atoms with van der Waals surface area (Å²) in [7, 11) is -3.38. The van der Waals surface area contributed by atoms with Gasteiger partial charge in [-0.1, -0.05) is 12.1 Å². The van der Waals surface area contributed by atoms with E-state index in [2.05, 4.69) is 26.3 Å². The second kappa shape index (κ2) is 6.57. The number of H-pyrrole nitrogens is 1. The molecule has 0 saturated heterocycles. The highest BCUT2D eigenvalue weighted by atomic mass is 32.2. The Morgan fingerprint density at radius 2 is 2.20 bits per heavy atom. The van der Waals surface area contributed by atoms with Crippen LogP contribution in [0.3, 0.4) is 0 Å². The number of rotatable bonds is 6. The summed E-state index contributed by atoms with van der Waals surface area (Å²) in [6.45, 7) is 0. The summed E-state index contributed by atoms with van der Waals surface area (Å²) in [5.74, 6) is 0.230. The lowest BCUT2D eigenvalue weighted by atomic mass is 10.1. The third-order valence-corrected chi connectivity index (χ3v) is 4.35. The molecule has 1 amide bonds. The number of amides is 1. The van der Waals surface area contributed by atoms with Crippen molar-refractivity contribution in [2.75, 3.05) is 16.3 Å². The summed E-state index contributed by atoms with van der Waals surface area (Å²) in [5.41, 5.74) is 2.18. The van der Waals surface area contributed by atoms with Gasteiger partial charge in [-0.2, -0.15) is 10.4 Å². The van der Waals surface area contributed by atoms with E-state index < -0.39 is 10.0 Å². The summed E-state index contributed by atoms with van der Waals surface area (Å²) in [4.78, 5) is 12.2. The Morgan fingerprint density at radius 3 is 2.84 bits per heavy atom. The Balaban J connectivity index is 1.69. The molecule has 0 atom stereocenters. The number of aromatic amines is 1. The summed E-state index contributed by atoms with van der Waals surface area (Å²) in [5, 5.41) is 18.8. The number of anilines is 2. The topological polar surface area (TPSA) is 128 Å². The first-order chi connectivity index (χ1) is 11.9. The molecule has 0 bridgehead atoms. The SMILES string of the molecule is CS(=O)(=O)Nc1cccc(CC(=O)Nc2n[nH]c(C3CC3)c2C#N)c1. The van der Waals surface area contributed by atoms with Crippen molar-refractivity contribution in [3.05, 3.63) is 41.1 Å². The second-order valence-electron chi connectivity index (χ2n) is 6.05. The Kier molecular flexibility index (Phi) is 4.46. The van der Waals surface area contributed by atoms with Crippen LogP contribution in [0.4, 0.5) is 11.5 Å². The van der Waals surface area contributed by atoms with Gasteiger partial charge in [0.25, 0.3) is 0 Å². The molecule has 1 aliphatic carbocycles. The van der Waals surface area contributed by atoms with E-state index in [1.165, 1.54) is 0 Å². The van der Waals surface area contributed by atoms with Crippen molar-refractivity contribution in [3.8, 4) is 6.07 Å². The summed E-state index contributed by atoms with van der Waals surface area (Å²) in [6.07, 6.45) is 3.13.